The number of hydrogen-bond acceptors (Lipinski definition) is 1. The highest BCUT2D eigenvalue weighted by molar-refractivity contribution is 5.94. The lowest BCUT2D eigenvalue weighted by Crippen LogP contribution is -2.12. The van der Waals surface area contributed by atoms with E-state index in [1.807, 2.05) is 13.0 Å². The Hall–Kier alpha value is -2.23. The number of hydrogen-bond donors (Lipinski definition) is 1. The first-order valence-corrected chi connectivity index (χ1v) is 5.35. The largest absolute Gasteiger partial charge is 0.366 e. The molecule has 4 heteroatoms. The molecule has 0 heterocycles. The second kappa shape index (κ2) is 4.56. The lowest BCUT2D eigenvalue weighted by Gasteiger charge is -2.07. The van der Waals surface area contributed by atoms with Crippen LogP contribution in [0.3, 0.4) is 0 Å². The number of primary amides is 1. The van der Waals surface area contributed by atoms with Crippen molar-refractivity contribution in [2.45, 2.75) is 6.92 Å². The molecule has 92 valence electrons. The Morgan fingerprint density at radius 1 is 1.17 bits per heavy atom. The minimum atomic E-state index is -1.08. The van der Waals surface area contributed by atoms with Crippen LogP contribution in [-0.2, 0) is 0 Å². The number of nitrogens with two attached hydrogens (primary N) is 1. The highest BCUT2D eigenvalue weighted by Crippen LogP contribution is 2.26. The van der Waals surface area contributed by atoms with Crippen LogP contribution < -0.4 is 5.73 Å². The Morgan fingerprint density at radius 3 is 2.50 bits per heavy atom. The monoisotopic (exact) mass is 247 g/mol. The summed E-state index contributed by atoms with van der Waals surface area (Å²) in [5.41, 5.74) is 6.49. The maximum Gasteiger partial charge on any atom is 0.248 e. The molecule has 1 amide bonds. The third-order valence-corrected chi connectivity index (χ3v) is 2.64. The van der Waals surface area contributed by atoms with Gasteiger partial charge in [0.2, 0.25) is 5.91 Å². The molecule has 0 aliphatic carbocycles. The second-order valence-corrected chi connectivity index (χ2v) is 4.05. The van der Waals surface area contributed by atoms with Gasteiger partial charge in [-0.2, -0.15) is 0 Å². The molecule has 0 saturated heterocycles. The van der Waals surface area contributed by atoms with Crippen LogP contribution in [-0.4, -0.2) is 5.91 Å². The molecular formula is C14H11F2NO. The number of carbonyl (C=O) groups excluding carboxylic acids is 1. The number of rotatable bonds is 2. The fraction of sp³-hybridized carbons (Fsp3) is 0.0714. The van der Waals surface area contributed by atoms with Crippen molar-refractivity contribution in [3.05, 3.63) is 59.2 Å². The van der Waals surface area contributed by atoms with E-state index in [0.29, 0.717) is 5.56 Å². The van der Waals surface area contributed by atoms with Crippen LogP contribution in [0.5, 0.6) is 0 Å². The molecule has 2 aromatic carbocycles. The smallest absolute Gasteiger partial charge is 0.248 e. The van der Waals surface area contributed by atoms with E-state index < -0.39 is 17.5 Å². The van der Waals surface area contributed by atoms with E-state index in [4.69, 9.17) is 5.73 Å². The number of benzene rings is 2. The van der Waals surface area contributed by atoms with Gasteiger partial charge in [0.05, 0.1) is 0 Å². The van der Waals surface area contributed by atoms with E-state index in [2.05, 4.69) is 0 Å². The summed E-state index contributed by atoms with van der Waals surface area (Å²) in [7, 11) is 0. The summed E-state index contributed by atoms with van der Waals surface area (Å²) in [4.78, 5) is 11.0. The minimum absolute atomic E-state index is 0.0347. The van der Waals surface area contributed by atoms with Crippen molar-refractivity contribution in [2.75, 3.05) is 0 Å². The lowest BCUT2D eigenvalue weighted by atomic mass is 10.0. The van der Waals surface area contributed by atoms with Gasteiger partial charge in [-0.05, 0) is 24.6 Å². The maximum absolute atomic E-state index is 13.7. The van der Waals surface area contributed by atoms with E-state index in [9.17, 15) is 13.6 Å². The average Bonchev–Trinajstić information content (AvgIpc) is 2.32. The molecule has 0 radical (unpaired) electrons. The Morgan fingerprint density at radius 2 is 1.89 bits per heavy atom. The molecule has 0 atom stereocenters. The Balaban J connectivity index is 2.66. The summed E-state index contributed by atoms with van der Waals surface area (Å²) in [5, 5.41) is 0. The third-order valence-electron chi connectivity index (χ3n) is 2.64. The first-order chi connectivity index (χ1) is 8.49. The molecule has 2 aromatic rings. The summed E-state index contributed by atoms with van der Waals surface area (Å²) in [6.45, 7) is 1.84. The summed E-state index contributed by atoms with van der Waals surface area (Å²) in [6, 6.07) is 9.00. The summed E-state index contributed by atoms with van der Waals surface area (Å²) < 4.78 is 27.1. The number of carbonyl (C=O) groups is 1. The molecule has 0 saturated carbocycles. The van der Waals surface area contributed by atoms with E-state index in [1.165, 1.54) is 6.07 Å². The zero-order valence-corrected chi connectivity index (χ0v) is 9.71. The first-order valence-electron chi connectivity index (χ1n) is 5.35. The minimum Gasteiger partial charge on any atom is -0.366 e. The molecule has 0 bridgehead atoms. The van der Waals surface area contributed by atoms with E-state index >= 15 is 0 Å². The van der Waals surface area contributed by atoms with Crippen molar-refractivity contribution in [1.82, 2.24) is 0 Å². The molecular weight excluding hydrogens is 236 g/mol. The van der Waals surface area contributed by atoms with Gasteiger partial charge in [-0.1, -0.05) is 29.8 Å². The Kier molecular flexibility index (Phi) is 3.10. The lowest BCUT2D eigenvalue weighted by molar-refractivity contribution is 0.1000. The zero-order chi connectivity index (χ0) is 13.3. The van der Waals surface area contributed by atoms with Crippen molar-refractivity contribution in [3.63, 3.8) is 0 Å². The van der Waals surface area contributed by atoms with Crippen molar-refractivity contribution in [2.24, 2.45) is 5.73 Å². The zero-order valence-electron chi connectivity index (χ0n) is 9.71. The molecule has 2 rings (SSSR count). The molecule has 0 aliphatic rings. The van der Waals surface area contributed by atoms with Crippen LogP contribution in [0.2, 0.25) is 0 Å². The van der Waals surface area contributed by atoms with Crippen LogP contribution in [0.4, 0.5) is 8.78 Å². The fourth-order valence-corrected chi connectivity index (χ4v) is 1.75. The van der Waals surface area contributed by atoms with Crippen LogP contribution >= 0.6 is 0 Å². The van der Waals surface area contributed by atoms with Crippen LogP contribution in [0, 0.1) is 18.6 Å². The first kappa shape index (κ1) is 12.2. The highest BCUT2D eigenvalue weighted by atomic mass is 19.2. The summed E-state index contributed by atoms with van der Waals surface area (Å²) in [5.74, 6) is -2.85. The van der Waals surface area contributed by atoms with Gasteiger partial charge in [0.1, 0.15) is 0 Å². The molecule has 0 spiro atoms. The fourth-order valence-electron chi connectivity index (χ4n) is 1.75. The molecule has 2 N–H and O–H groups in total. The predicted molar refractivity (Wildman–Crippen MR) is 65.0 cm³/mol. The van der Waals surface area contributed by atoms with Gasteiger partial charge in [0, 0.05) is 11.1 Å². The molecule has 0 aliphatic heterocycles. The Bertz CT molecular complexity index is 623. The normalized spacial score (nSPS) is 10.4. The second-order valence-electron chi connectivity index (χ2n) is 4.05. The summed E-state index contributed by atoms with van der Waals surface area (Å²) >= 11 is 0. The van der Waals surface area contributed by atoms with E-state index in [-0.39, 0.29) is 11.1 Å². The molecule has 18 heavy (non-hydrogen) atoms. The van der Waals surface area contributed by atoms with Gasteiger partial charge < -0.3 is 5.73 Å². The van der Waals surface area contributed by atoms with Crippen molar-refractivity contribution in [3.8, 4) is 11.1 Å². The Labute approximate surface area is 103 Å². The number of amides is 1. The predicted octanol–water partition coefficient (Wildman–Crippen LogP) is 3.04. The van der Waals surface area contributed by atoms with Gasteiger partial charge in [-0.25, -0.2) is 8.78 Å². The third kappa shape index (κ3) is 2.22. The number of aryl methyl sites for hydroxylation is 1. The van der Waals surface area contributed by atoms with Crippen molar-refractivity contribution >= 4 is 5.91 Å². The van der Waals surface area contributed by atoms with Gasteiger partial charge in [0.15, 0.2) is 11.6 Å². The van der Waals surface area contributed by atoms with Crippen LogP contribution in [0.1, 0.15) is 15.9 Å². The van der Waals surface area contributed by atoms with Crippen LogP contribution in [0.25, 0.3) is 11.1 Å². The molecule has 0 fully saturated rings. The van der Waals surface area contributed by atoms with Crippen LogP contribution in [0.15, 0.2) is 36.4 Å². The topological polar surface area (TPSA) is 43.1 Å². The van der Waals surface area contributed by atoms with Crippen molar-refractivity contribution in [1.29, 1.82) is 0 Å². The highest BCUT2D eigenvalue weighted by Gasteiger charge is 2.14. The van der Waals surface area contributed by atoms with Gasteiger partial charge in [-0.3, -0.25) is 4.79 Å². The SMILES string of the molecule is Cc1cccc(-c2cc(C(N)=O)cc(F)c2F)c1. The van der Waals surface area contributed by atoms with Crippen molar-refractivity contribution < 1.29 is 13.6 Å². The molecule has 2 nitrogen and oxygen atoms in total. The van der Waals surface area contributed by atoms with Gasteiger partial charge >= 0.3 is 0 Å². The quantitative estimate of drug-likeness (QED) is 0.870. The van der Waals surface area contributed by atoms with E-state index in [1.54, 1.807) is 18.2 Å². The standard InChI is InChI=1S/C14H11F2NO/c1-8-3-2-4-9(5-8)11-6-10(14(17)18)7-12(15)13(11)16/h2-7H,1H3,(H2,17,18). The van der Waals surface area contributed by atoms with Gasteiger partial charge in [-0.15, -0.1) is 0 Å². The summed E-state index contributed by atoms with van der Waals surface area (Å²) in [6.07, 6.45) is 0. The molecule has 0 unspecified atom stereocenters. The van der Waals surface area contributed by atoms with E-state index in [0.717, 1.165) is 11.6 Å². The average molecular weight is 247 g/mol. The number of halogens is 2. The van der Waals surface area contributed by atoms with Gasteiger partial charge in [0.25, 0.3) is 0 Å². The molecule has 0 aromatic heterocycles. The maximum atomic E-state index is 13.7.